The number of anilines is 1. The lowest BCUT2D eigenvalue weighted by Crippen LogP contribution is -2.35. The van der Waals surface area contributed by atoms with E-state index in [1.54, 1.807) is 17.0 Å². The van der Waals surface area contributed by atoms with E-state index < -0.39 is 6.61 Å². The third-order valence-electron chi connectivity index (χ3n) is 4.04. The predicted octanol–water partition coefficient (Wildman–Crippen LogP) is 3.48. The molecule has 1 heterocycles. The molecule has 6 heteroatoms. The van der Waals surface area contributed by atoms with Crippen LogP contribution in [0, 0.1) is 0 Å². The zero-order valence-electron chi connectivity index (χ0n) is 13.3. The second-order valence-corrected chi connectivity index (χ2v) is 5.77. The average Bonchev–Trinajstić information content (AvgIpc) is 2.53. The van der Waals surface area contributed by atoms with Gasteiger partial charge in [-0.05, 0) is 56.0 Å². The molecular weight excluding hydrogens is 302 g/mol. The first-order valence-corrected chi connectivity index (χ1v) is 8.20. The highest BCUT2D eigenvalue weighted by Crippen LogP contribution is 2.31. The Bertz CT molecular complexity index is 523. The minimum Gasteiger partial charge on any atom is -0.435 e. The number of carbonyl (C=O) groups excluding carboxylic acids is 1. The summed E-state index contributed by atoms with van der Waals surface area (Å²) in [5.41, 5.74) is 7.17. The molecule has 1 aromatic rings. The molecule has 0 aromatic heterocycles. The van der Waals surface area contributed by atoms with Crippen molar-refractivity contribution >= 4 is 11.6 Å². The molecule has 1 aliphatic heterocycles. The summed E-state index contributed by atoms with van der Waals surface area (Å²) < 4.78 is 29.0. The van der Waals surface area contributed by atoms with Crippen molar-refractivity contribution in [1.29, 1.82) is 0 Å². The summed E-state index contributed by atoms with van der Waals surface area (Å²) >= 11 is 0. The fourth-order valence-corrected chi connectivity index (χ4v) is 2.92. The predicted molar refractivity (Wildman–Crippen MR) is 85.9 cm³/mol. The maximum absolute atomic E-state index is 12.4. The molecule has 0 spiro atoms. The van der Waals surface area contributed by atoms with Gasteiger partial charge in [-0.25, -0.2) is 0 Å². The first-order chi connectivity index (χ1) is 11.1. The minimum absolute atomic E-state index is 0.0984. The number of hydrogen-bond donors (Lipinski definition) is 1. The van der Waals surface area contributed by atoms with E-state index >= 15 is 0 Å². The molecule has 0 bridgehead atoms. The maximum atomic E-state index is 12.4. The van der Waals surface area contributed by atoms with Crippen molar-refractivity contribution in [3.8, 4) is 5.75 Å². The van der Waals surface area contributed by atoms with Crippen LogP contribution >= 0.6 is 0 Å². The van der Waals surface area contributed by atoms with Crippen LogP contribution in [-0.2, 0) is 11.2 Å². The van der Waals surface area contributed by atoms with Crippen molar-refractivity contribution in [1.82, 2.24) is 0 Å². The van der Waals surface area contributed by atoms with Gasteiger partial charge in [0.15, 0.2) is 0 Å². The number of aryl methyl sites for hydroxylation is 1. The third-order valence-corrected chi connectivity index (χ3v) is 4.04. The van der Waals surface area contributed by atoms with Crippen LogP contribution < -0.4 is 15.4 Å². The first kappa shape index (κ1) is 17.7. The van der Waals surface area contributed by atoms with Crippen LogP contribution in [0.5, 0.6) is 5.75 Å². The number of nitrogens with zero attached hydrogens (tertiary/aromatic N) is 1. The van der Waals surface area contributed by atoms with Gasteiger partial charge in [0.2, 0.25) is 5.91 Å². The number of carbonyl (C=O) groups is 1. The molecule has 0 radical (unpaired) electrons. The van der Waals surface area contributed by atoms with Crippen LogP contribution in [-0.4, -0.2) is 25.6 Å². The van der Waals surface area contributed by atoms with Crippen molar-refractivity contribution in [2.45, 2.75) is 51.6 Å². The summed E-state index contributed by atoms with van der Waals surface area (Å²) in [6.07, 6.45) is 6.03. The normalized spacial score (nSPS) is 14.0. The molecule has 1 amide bonds. The number of hydrogen-bond acceptors (Lipinski definition) is 3. The summed E-state index contributed by atoms with van der Waals surface area (Å²) in [4.78, 5) is 14.2. The molecule has 0 saturated carbocycles. The highest BCUT2D eigenvalue weighted by molar-refractivity contribution is 5.94. The van der Waals surface area contributed by atoms with E-state index in [4.69, 9.17) is 5.73 Å². The summed E-state index contributed by atoms with van der Waals surface area (Å²) in [5.74, 6) is 0.246. The van der Waals surface area contributed by atoms with Crippen LogP contribution in [0.3, 0.4) is 0 Å². The monoisotopic (exact) mass is 326 g/mol. The van der Waals surface area contributed by atoms with Gasteiger partial charge in [0.05, 0.1) is 0 Å². The summed E-state index contributed by atoms with van der Waals surface area (Å²) in [6, 6.07) is 4.82. The van der Waals surface area contributed by atoms with Crippen molar-refractivity contribution < 1.29 is 18.3 Å². The molecule has 128 valence electrons. The fourth-order valence-electron chi connectivity index (χ4n) is 2.92. The Morgan fingerprint density at radius 3 is 2.78 bits per heavy atom. The molecule has 0 atom stereocenters. The van der Waals surface area contributed by atoms with Crippen LogP contribution in [0.4, 0.5) is 14.5 Å². The lowest BCUT2D eigenvalue weighted by Gasteiger charge is -2.30. The number of rotatable bonds is 8. The number of halogens is 2. The summed E-state index contributed by atoms with van der Waals surface area (Å²) in [7, 11) is 0. The van der Waals surface area contributed by atoms with Gasteiger partial charge in [0.25, 0.3) is 0 Å². The molecule has 0 unspecified atom stereocenters. The van der Waals surface area contributed by atoms with Crippen molar-refractivity contribution in [3.05, 3.63) is 23.8 Å². The number of benzene rings is 1. The highest BCUT2D eigenvalue weighted by atomic mass is 19.3. The van der Waals surface area contributed by atoms with E-state index in [0.29, 0.717) is 19.5 Å². The molecule has 2 rings (SSSR count). The maximum Gasteiger partial charge on any atom is 0.387 e. The van der Waals surface area contributed by atoms with Gasteiger partial charge in [0, 0.05) is 18.7 Å². The van der Waals surface area contributed by atoms with E-state index in [-0.39, 0.29) is 11.7 Å². The Morgan fingerprint density at radius 1 is 1.26 bits per heavy atom. The van der Waals surface area contributed by atoms with Gasteiger partial charge in [-0.1, -0.05) is 12.8 Å². The number of fused-ring (bicyclic) bond motifs is 1. The summed E-state index contributed by atoms with van der Waals surface area (Å²) in [6.45, 7) is -1.46. The zero-order valence-corrected chi connectivity index (χ0v) is 13.3. The Morgan fingerprint density at radius 2 is 2.04 bits per heavy atom. The smallest absolute Gasteiger partial charge is 0.387 e. The lowest BCUT2D eigenvalue weighted by atomic mass is 10.0. The second-order valence-electron chi connectivity index (χ2n) is 5.77. The topological polar surface area (TPSA) is 55.6 Å². The van der Waals surface area contributed by atoms with Gasteiger partial charge in [0.1, 0.15) is 5.75 Å². The third kappa shape index (κ3) is 5.16. The average molecular weight is 326 g/mol. The van der Waals surface area contributed by atoms with Gasteiger partial charge >= 0.3 is 6.61 Å². The van der Waals surface area contributed by atoms with Crippen molar-refractivity contribution in [3.63, 3.8) is 0 Å². The SMILES string of the molecule is NCCCCCCC(=O)N1CCCc2cc(OC(F)F)ccc21. The summed E-state index contributed by atoms with van der Waals surface area (Å²) in [5, 5.41) is 0. The van der Waals surface area contributed by atoms with Crippen LogP contribution in [0.2, 0.25) is 0 Å². The molecule has 0 fully saturated rings. The molecule has 1 aromatic carbocycles. The molecule has 1 aliphatic rings. The van der Waals surface area contributed by atoms with E-state index in [2.05, 4.69) is 4.74 Å². The minimum atomic E-state index is -2.83. The molecule has 0 aliphatic carbocycles. The van der Waals surface area contributed by atoms with E-state index in [1.807, 2.05) is 0 Å². The second kappa shape index (κ2) is 8.82. The van der Waals surface area contributed by atoms with Crippen LogP contribution in [0.15, 0.2) is 18.2 Å². The number of alkyl halides is 2. The van der Waals surface area contributed by atoms with E-state index in [9.17, 15) is 13.6 Å². The molecule has 0 saturated heterocycles. The number of amides is 1. The molecular formula is C17H24F2N2O2. The Hall–Kier alpha value is -1.69. The Kier molecular flexibility index (Phi) is 6.77. The van der Waals surface area contributed by atoms with Crippen LogP contribution in [0.1, 0.15) is 44.1 Å². The van der Waals surface area contributed by atoms with Gasteiger partial charge in [-0.3, -0.25) is 4.79 Å². The number of ether oxygens (including phenoxy) is 1. The van der Waals surface area contributed by atoms with Gasteiger partial charge in [-0.15, -0.1) is 0 Å². The number of unbranched alkanes of at least 4 members (excludes halogenated alkanes) is 3. The van der Waals surface area contributed by atoms with Crippen LogP contribution in [0.25, 0.3) is 0 Å². The van der Waals surface area contributed by atoms with Crippen molar-refractivity contribution in [2.75, 3.05) is 18.0 Å². The van der Waals surface area contributed by atoms with Gasteiger partial charge < -0.3 is 15.4 Å². The van der Waals surface area contributed by atoms with E-state index in [0.717, 1.165) is 49.8 Å². The first-order valence-electron chi connectivity index (χ1n) is 8.20. The standard InChI is InChI=1S/C17H24F2N2O2/c18-17(19)23-14-8-9-15-13(12-14)6-5-11-21(15)16(22)7-3-1-2-4-10-20/h8-9,12,17H,1-7,10-11,20H2. The lowest BCUT2D eigenvalue weighted by molar-refractivity contribution is -0.118. The molecule has 2 N–H and O–H groups in total. The van der Waals surface area contributed by atoms with E-state index in [1.165, 1.54) is 6.07 Å². The highest BCUT2D eigenvalue weighted by Gasteiger charge is 2.22. The molecule has 23 heavy (non-hydrogen) atoms. The largest absolute Gasteiger partial charge is 0.435 e. The molecule has 4 nitrogen and oxygen atoms in total. The van der Waals surface area contributed by atoms with Gasteiger partial charge in [-0.2, -0.15) is 8.78 Å². The van der Waals surface area contributed by atoms with Crippen molar-refractivity contribution in [2.24, 2.45) is 5.73 Å². The Labute approximate surface area is 135 Å². The Balaban J connectivity index is 1.96. The quantitative estimate of drug-likeness (QED) is 0.744. The zero-order chi connectivity index (χ0) is 16.7. The fraction of sp³-hybridized carbons (Fsp3) is 0.588. The number of nitrogens with two attached hydrogens (primary N) is 1.